The molecule has 0 N–H and O–H groups in total. The number of hydrogen-bond donors (Lipinski definition) is 0. The Morgan fingerprint density at radius 1 is 1.50 bits per heavy atom. The van der Waals surface area contributed by atoms with Crippen molar-refractivity contribution in [2.75, 3.05) is 7.11 Å². The van der Waals surface area contributed by atoms with Gasteiger partial charge in [-0.15, -0.1) is 5.10 Å². The van der Waals surface area contributed by atoms with Crippen molar-refractivity contribution in [2.45, 2.75) is 18.9 Å². The van der Waals surface area contributed by atoms with Crippen LogP contribution in [0, 0.1) is 0 Å². The highest BCUT2D eigenvalue weighted by Crippen LogP contribution is 2.35. The lowest BCUT2D eigenvalue weighted by molar-refractivity contribution is 0.0594. The van der Waals surface area contributed by atoms with E-state index < -0.39 is 5.97 Å². The summed E-state index contributed by atoms with van der Waals surface area (Å²) >= 11 is 0. The fraction of sp³-hybridized carbons (Fsp3) is 0.308. The van der Waals surface area contributed by atoms with Crippen molar-refractivity contribution in [3.63, 3.8) is 0 Å². The molecule has 0 bridgehead atoms. The van der Waals surface area contributed by atoms with Crippen LogP contribution in [0.4, 0.5) is 0 Å². The van der Waals surface area contributed by atoms with Gasteiger partial charge in [0.15, 0.2) is 5.69 Å². The van der Waals surface area contributed by atoms with Gasteiger partial charge in [-0.25, -0.2) is 4.79 Å². The fourth-order valence-corrected chi connectivity index (χ4v) is 2.34. The molecule has 0 radical (unpaired) electrons. The maximum absolute atomic E-state index is 11.3. The third-order valence-electron chi connectivity index (χ3n) is 3.30. The van der Waals surface area contributed by atoms with Crippen molar-refractivity contribution in [2.24, 2.45) is 0 Å². The van der Waals surface area contributed by atoms with Crippen molar-refractivity contribution in [1.82, 2.24) is 15.0 Å². The van der Waals surface area contributed by atoms with Crippen LogP contribution in [0.3, 0.4) is 0 Å². The lowest BCUT2D eigenvalue weighted by Crippen LogP contribution is -2.22. The minimum absolute atomic E-state index is 0.255. The number of carbonyl (C=O) groups excluding carboxylic acids is 1. The minimum Gasteiger partial charge on any atom is -0.464 e. The zero-order valence-electron chi connectivity index (χ0n) is 10.0. The van der Waals surface area contributed by atoms with Crippen LogP contribution < -0.4 is 0 Å². The Hall–Kier alpha value is -2.17. The van der Waals surface area contributed by atoms with Gasteiger partial charge in [-0.05, 0) is 17.5 Å². The summed E-state index contributed by atoms with van der Waals surface area (Å²) < 4.78 is 6.30. The van der Waals surface area contributed by atoms with E-state index in [1.54, 1.807) is 10.9 Å². The Morgan fingerprint density at radius 2 is 2.33 bits per heavy atom. The number of methoxy groups -OCH3 is 1. The fourth-order valence-electron chi connectivity index (χ4n) is 2.34. The molecule has 18 heavy (non-hydrogen) atoms. The smallest absolute Gasteiger partial charge is 0.360 e. The minimum atomic E-state index is -0.449. The van der Waals surface area contributed by atoms with E-state index in [9.17, 15) is 4.79 Å². The first kappa shape index (κ1) is 11.0. The van der Waals surface area contributed by atoms with Gasteiger partial charge in [0, 0.05) is 12.5 Å². The lowest BCUT2D eigenvalue weighted by Gasteiger charge is -2.29. The van der Waals surface area contributed by atoms with Crippen molar-refractivity contribution in [3.8, 4) is 0 Å². The van der Waals surface area contributed by atoms with Crippen LogP contribution >= 0.6 is 0 Å². The van der Waals surface area contributed by atoms with E-state index in [-0.39, 0.29) is 5.69 Å². The molecule has 0 saturated carbocycles. The van der Waals surface area contributed by atoms with Crippen LogP contribution in [0.2, 0.25) is 0 Å². The average Bonchev–Trinajstić information content (AvgIpc) is 2.84. The highest BCUT2D eigenvalue weighted by atomic mass is 16.5. The van der Waals surface area contributed by atoms with Gasteiger partial charge in [0.25, 0.3) is 0 Å². The van der Waals surface area contributed by atoms with E-state index in [1.165, 1.54) is 18.2 Å². The van der Waals surface area contributed by atoms with Gasteiger partial charge in [0.05, 0.1) is 13.3 Å². The second kappa shape index (κ2) is 4.25. The highest BCUT2D eigenvalue weighted by Gasteiger charge is 2.26. The first-order valence-electron chi connectivity index (χ1n) is 5.84. The molecule has 5 nitrogen and oxygen atoms in total. The van der Waals surface area contributed by atoms with Crippen LogP contribution in [-0.4, -0.2) is 28.1 Å². The normalized spacial score (nSPS) is 16.8. The molecule has 0 saturated heterocycles. The van der Waals surface area contributed by atoms with Crippen molar-refractivity contribution in [3.05, 3.63) is 47.3 Å². The average molecular weight is 243 g/mol. The molecule has 0 aliphatic heterocycles. The molecule has 5 heteroatoms. The summed E-state index contributed by atoms with van der Waals surface area (Å²) in [5.74, 6) is 0.0173. The van der Waals surface area contributed by atoms with Crippen LogP contribution in [0.15, 0.2) is 30.5 Å². The summed E-state index contributed by atoms with van der Waals surface area (Å²) in [6.45, 7) is 0.751. The molecule has 2 aromatic rings. The summed E-state index contributed by atoms with van der Waals surface area (Å²) in [6, 6.07) is 8.39. The Balaban J connectivity index is 1.72. The summed E-state index contributed by atoms with van der Waals surface area (Å²) in [6.07, 6.45) is 2.69. The molecule has 0 fully saturated rings. The van der Waals surface area contributed by atoms with Crippen LogP contribution in [0.1, 0.15) is 27.5 Å². The van der Waals surface area contributed by atoms with E-state index in [4.69, 9.17) is 0 Å². The van der Waals surface area contributed by atoms with Crippen molar-refractivity contribution in [1.29, 1.82) is 0 Å². The van der Waals surface area contributed by atoms with Gasteiger partial charge >= 0.3 is 5.97 Å². The van der Waals surface area contributed by atoms with E-state index in [1.807, 2.05) is 6.07 Å². The number of fused-ring (bicyclic) bond motifs is 1. The molecular weight excluding hydrogens is 230 g/mol. The Bertz CT molecular complexity index is 591. The SMILES string of the molecule is COC(=O)c1cn(CC2Cc3ccccc32)nn1. The predicted molar refractivity (Wildman–Crippen MR) is 64.2 cm³/mol. The second-order valence-corrected chi connectivity index (χ2v) is 4.42. The number of aromatic nitrogens is 3. The number of esters is 1. The zero-order valence-corrected chi connectivity index (χ0v) is 10.0. The van der Waals surface area contributed by atoms with Crippen LogP contribution in [-0.2, 0) is 17.7 Å². The molecule has 92 valence electrons. The van der Waals surface area contributed by atoms with E-state index in [0.717, 1.165) is 13.0 Å². The maximum atomic E-state index is 11.3. The summed E-state index contributed by atoms with van der Waals surface area (Å²) in [4.78, 5) is 11.3. The Kier molecular flexibility index (Phi) is 2.59. The largest absolute Gasteiger partial charge is 0.464 e. The topological polar surface area (TPSA) is 57.0 Å². The van der Waals surface area contributed by atoms with Gasteiger partial charge in [0.1, 0.15) is 0 Å². The Morgan fingerprint density at radius 3 is 3.11 bits per heavy atom. The third-order valence-corrected chi connectivity index (χ3v) is 3.30. The van der Waals surface area contributed by atoms with Crippen LogP contribution in [0.5, 0.6) is 0 Å². The molecule has 1 aliphatic carbocycles. The molecule has 1 aromatic carbocycles. The monoisotopic (exact) mass is 243 g/mol. The quantitative estimate of drug-likeness (QED) is 0.765. The number of nitrogens with zero attached hydrogens (tertiary/aromatic N) is 3. The third kappa shape index (κ3) is 1.77. The van der Waals surface area contributed by atoms with E-state index in [2.05, 4.69) is 33.2 Å². The van der Waals surface area contributed by atoms with Gasteiger partial charge < -0.3 is 4.74 Å². The van der Waals surface area contributed by atoms with Gasteiger partial charge in [-0.2, -0.15) is 0 Å². The maximum Gasteiger partial charge on any atom is 0.360 e. The number of carbonyl (C=O) groups is 1. The molecule has 1 unspecified atom stereocenters. The lowest BCUT2D eigenvalue weighted by atomic mass is 9.78. The van der Waals surface area contributed by atoms with Gasteiger partial charge in [-0.1, -0.05) is 29.5 Å². The van der Waals surface area contributed by atoms with Crippen molar-refractivity contribution >= 4 is 5.97 Å². The van der Waals surface area contributed by atoms with Gasteiger partial charge in [-0.3, -0.25) is 4.68 Å². The van der Waals surface area contributed by atoms with Crippen LogP contribution in [0.25, 0.3) is 0 Å². The standard InChI is InChI=1S/C13H13N3O2/c1-18-13(17)12-8-16(15-14-12)7-10-6-9-4-2-3-5-11(9)10/h2-5,8,10H,6-7H2,1H3. The number of rotatable bonds is 3. The number of benzene rings is 1. The zero-order chi connectivity index (χ0) is 12.5. The molecule has 1 aliphatic rings. The van der Waals surface area contributed by atoms with Crippen molar-refractivity contribution < 1.29 is 9.53 Å². The Labute approximate surface area is 104 Å². The second-order valence-electron chi connectivity index (χ2n) is 4.42. The summed E-state index contributed by atoms with van der Waals surface area (Å²) in [5.41, 5.74) is 3.02. The molecule has 1 aromatic heterocycles. The number of hydrogen-bond acceptors (Lipinski definition) is 4. The molecule has 0 amide bonds. The first-order valence-corrected chi connectivity index (χ1v) is 5.84. The molecule has 0 spiro atoms. The van der Waals surface area contributed by atoms with E-state index >= 15 is 0 Å². The van der Waals surface area contributed by atoms with E-state index in [0.29, 0.717) is 5.92 Å². The van der Waals surface area contributed by atoms with Gasteiger partial charge in [0.2, 0.25) is 0 Å². The molecule has 1 heterocycles. The summed E-state index contributed by atoms with van der Waals surface area (Å²) in [5, 5.41) is 7.74. The predicted octanol–water partition coefficient (Wildman–Crippen LogP) is 1.40. The molecule has 3 rings (SSSR count). The first-order chi connectivity index (χ1) is 8.78. The molecular formula is C13H13N3O2. The number of ether oxygens (including phenoxy) is 1. The highest BCUT2D eigenvalue weighted by molar-refractivity contribution is 5.86. The molecule has 1 atom stereocenters. The summed E-state index contributed by atoms with van der Waals surface area (Å²) in [7, 11) is 1.34.